The van der Waals surface area contributed by atoms with Gasteiger partial charge in [-0.1, -0.05) is 6.07 Å². The fourth-order valence-corrected chi connectivity index (χ4v) is 3.21. The van der Waals surface area contributed by atoms with Crippen LogP contribution in [0.15, 0.2) is 36.5 Å². The zero-order valence-electron chi connectivity index (χ0n) is 15.8. The van der Waals surface area contributed by atoms with E-state index in [2.05, 4.69) is 4.98 Å². The van der Waals surface area contributed by atoms with Crippen molar-refractivity contribution in [3.63, 3.8) is 0 Å². The highest BCUT2D eigenvalue weighted by Gasteiger charge is 2.28. The summed E-state index contributed by atoms with van der Waals surface area (Å²) in [4.78, 5) is 4.10. The van der Waals surface area contributed by atoms with Crippen LogP contribution in [0.25, 0.3) is 0 Å². The molecule has 1 N–H and O–H groups in total. The minimum absolute atomic E-state index is 0.0922. The van der Waals surface area contributed by atoms with Gasteiger partial charge in [-0.3, -0.25) is 0 Å². The molecule has 8 nitrogen and oxygen atoms in total. The third-order valence-electron chi connectivity index (χ3n) is 4.72. The zero-order chi connectivity index (χ0) is 20.1. The number of benzene rings is 1. The normalized spacial score (nSPS) is 19.3. The SMILES string of the molecule is N#Cc1ccc(OCC(Oc2ccc3c(c2)COB3O)OC2CCCCO2)nc1. The Morgan fingerprint density at radius 3 is 3.00 bits per heavy atom. The monoisotopic (exact) mass is 396 g/mol. The molecule has 2 unspecified atom stereocenters. The summed E-state index contributed by atoms with van der Waals surface area (Å²) in [6.07, 6.45) is 3.21. The van der Waals surface area contributed by atoms with Crippen molar-refractivity contribution in [2.45, 2.75) is 38.4 Å². The number of nitrogens with zero attached hydrogens (tertiary/aromatic N) is 2. The maximum Gasteiger partial charge on any atom is 0.491 e. The molecule has 1 fully saturated rings. The highest BCUT2D eigenvalue weighted by atomic mass is 16.8. The molecule has 2 atom stereocenters. The van der Waals surface area contributed by atoms with Gasteiger partial charge in [-0.25, -0.2) is 4.98 Å². The second-order valence-corrected chi connectivity index (χ2v) is 6.81. The van der Waals surface area contributed by atoms with Crippen LogP contribution in [0.5, 0.6) is 11.6 Å². The molecule has 29 heavy (non-hydrogen) atoms. The maximum atomic E-state index is 9.77. The van der Waals surface area contributed by atoms with Gasteiger partial charge in [0.25, 0.3) is 0 Å². The van der Waals surface area contributed by atoms with Gasteiger partial charge in [0.05, 0.1) is 12.2 Å². The highest BCUT2D eigenvalue weighted by Crippen LogP contribution is 2.22. The number of hydrogen-bond donors (Lipinski definition) is 1. The first-order valence-electron chi connectivity index (χ1n) is 9.56. The van der Waals surface area contributed by atoms with Crippen LogP contribution in [-0.2, 0) is 20.7 Å². The van der Waals surface area contributed by atoms with E-state index in [4.69, 9.17) is 28.9 Å². The smallest absolute Gasteiger partial charge is 0.471 e. The Bertz CT molecular complexity index is 866. The van der Waals surface area contributed by atoms with Crippen molar-refractivity contribution in [1.82, 2.24) is 4.98 Å². The summed E-state index contributed by atoms with van der Waals surface area (Å²) >= 11 is 0. The fraction of sp³-hybridized carbons (Fsp3) is 0.400. The van der Waals surface area contributed by atoms with Crippen LogP contribution in [0.1, 0.15) is 30.4 Å². The summed E-state index contributed by atoms with van der Waals surface area (Å²) < 4.78 is 28.5. The lowest BCUT2D eigenvalue weighted by molar-refractivity contribution is -0.237. The van der Waals surface area contributed by atoms with Crippen molar-refractivity contribution in [2.75, 3.05) is 13.2 Å². The van der Waals surface area contributed by atoms with Crippen LogP contribution >= 0.6 is 0 Å². The molecule has 4 rings (SSSR count). The maximum absolute atomic E-state index is 9.77. The lowest BCUT2D eigenvalue weighted by Crippen LogP contribution is -2.35. The van der Waals surface area contributed by atoms with E-state index in [-0.39, 0.29) is 12.9 Å². The second kappa shape index (κ2) is 9.24. The number of ether oxygens (including phenoxy) is 4. The average molecular weight is 396 g/mol. The molecule has 1 saturated heterocycles. The summed E-state index contributed by atoms with van der Waals surface area (Å²) in [5, 5.41) is 18.6. The molecule has 0 saturated carbocycles. The first-order chi connectivity index (χ1) is 14.2. The molecule has 2 aromatic rings. The van der Waals surface area contributed by atoms with Gasteiger partial charge in [0.1, 0.15) is 11.8 Å². The van der Waals surface area contributed by atoms with Crippen LogP contribution in [0, 0.1) is 11.3 Å². The van der Waals surface area contributed by atoms with Crippen molar-refractivity contribution in [1.29, 1.82) is 5.26 Å². The van der Waals surface area contributed by atoms with E-state index in [0.717, 1.165) is 30.3 Å². The van der Waals surface area contributed by atoms with E-state index in [1.165, 1.54) is 6.20 Å². The molecule has 0 spiro atoms. The Labute approximate surface area is 169 Å². The van der Waals surface area contributed by atoms with E-state index >= 15 is 0 Å². The van der Waals surface area contributed by atoms with Gasteiger partial charge in [-0.2, -0.15) is 5.26 Å². The molecular weight excluding hydrogens is 375 g/mol. The van der Waals surface area contributed by atoms with Crippen LogP contribution in [0.2, 0.25) is 0 Å². The summed E-state index contributed by atoms with van der Waals surface area (Å²) in [6, 6.07) is 10.6. The topological polar surface area (TPSA) is 103 Å². The minimum atomic E-state index is -0.896. The molecule has 1 aromatic carbocycles. The number of nitriles is 1. The first kappa shape index (κ1) is 19.7. The van der Waals surface area contributed by atoms with E-state index in [1.54, 1.807) is 24.3 Å². The number of aromatic nitrogens is 1. The van der Waals surface area contributed by atoms with Crippen LogP contribution in [0.4, 0.5) is 0 Å². The first-order valence-corrected chi connectivity index (χ1v) is 9.56. The zero-order valence-corrected chi connectivity index (χ0v) is 15.8. The van der Waals surface area contributed by atoms with Crippen LogP contribution in [-0.4, -0.2) is 42.9 Å². The summed E-state index contributed by atoms with van der Waals surface area (Å²) in [6.45, 7) is 1.08. The van der Waals surface area contributed by atoms with Crippen molar-refractivity contribution in [2.24, 2.45) is 0 Å². The predicted octanol–water partition coefficient (Wildman–Crippen LogP) is 1.50. The number of fused-ring (bicyclic) bond motifs is 1. The van der Waals surface area contributed by atoms with E-state index in [0.29, 0.717) is 30.4 Å². The largest absolute Gasteiger partial charge is 0.491 e. The highest BCUT2D eigenvalue weighted by molar-refractivity contribution is 6.61. The lowest BCUT2D eigenvalue weighted by Gasteiger charge is -2.28. The Balaban J connectivity index is 1.43. The Kier molecular flexibility index (Phi) is 6.27. The Hall–Kier alpha value is -2.64. The average Bonchev–Trinajstić information content (AvgIpc) is 3.13. The molecule has 2 aliphatic heterocycles. The van der Waals surface area contributed by atoms with Crippen molar-refractivity contribution < 1.29 is 28.6 Å². The van der Waals surface area contributed by atoms with Crippen LogP contribution in [0.3, 0.4) is 0 Å². The lowest BCUT2D eigenvalue weighted by atomic mass is 9.80. The van der Waals surface area contributed by atoms with Crippen molar-refractivity contribution in [3.8, 4) is 17.7 Å². The Morgan fingerprint density at radius 1 is 1.31 bits per heavy atom. The molecule has 1 aromatic heterocycles. The van der Waals surface area contributed by atoms with Crippen molar-refractivity contribution >= 4 is 12.6 Å². The van der Waals surface area contributed by atoms with E-state index < -0.39 is 13.4 Å². The summed E-state index contributed by atoms with van der Waals surface area (Å²) in [5.41, 5.74) is 2.07. The number of pyridine rings is 1. The minimum Gasteiger partial charge on any atom is -0.471 e. The molecule has 0 bridgehead atoms. The van der Waals surface area contributed by atoms with Gasteiger partial charge >= 0.3 is 7.12 Å². The van der Waals surface area contributed by atoms with Crippen molar-refractivity contribution in [3.05, 3.63) is 47.7 Å². The molecule has 9 heteroatoms. The standard InChI is InChI=1S/C20H21BN2O6/c22-10-14-4-7-18(23-11-14)26-13-20(29-19-3-1-2-8-25-19)28-16-5-6-17-15(9-16)12-27-21(17)24/h4-7,9,11,19-20,24H,1-3,8,12-13H2. The fourth-order valence-electron chi connectivity index (χ4n) is 3.21. The molecule has 0 radical (unpaired) electrons. The molecule has 3 heterocycles. The summed E-state index contributed by atoms with van der Waals surface area (Å²) in [7, 11) is -0.896. The van der Waals surface area contributed by atoms with Gasteiger partial charge in [0.2, 0.25) is 12.2 Å². The van der Waals surface area contributed by atoms with Gasteiger partial charge < -0.3 is 28.6 Å². The Morgan fingerprint density at radius 2 is 2.24 bits per heavy atom. The molecule has 150 valence electrons. The van der Waals surface area contributed by atoms with E-state index in [9.17, 15) is 5.02 Å². The predicted molar refractivity (Wildman–Crippen MR) is 102 cm³/mol. The van der Waals surface area contributed by atoms with Crippen LogP contribution < -0.4 is 14.9 Å². The summed E-state index contributed by atoms with van der Waals surface area (Å²) in [5.74, 6) is 0.954. The second-order valence-electron chi connectivity index (χ2n) is 6.81. The quantitative estimate of drug-likeness (QED) is 0.555. The number of hydrogen-bond acceptors (Lipinski definition) is 8. The van der Waals surface area contributed by atoms with Gasteiger partial charge in [0, 0.05) is 18.9 Å². The molecule has 2 aliphatic rings. The van der Waals surface area contributed by atoms with Gasteiger partial charge in [-0.15, -0.1) is 0 Å². The third-order valence-corrected chi connectivity index (χ3v) is 4.72. The molecule has 0 amide bonds. The van der Waals surface area contributed by atoms with Gasteiger partial charge in [-0.05, 0) is 48.5 Å². The number of rotatable bonds is 7. The molecule has 0 aliphatic carbocycles. The van der Waals surface area contributed by atoms with Gasteiger partial charge in [0.15, 0.2) is 12.9 Å². The van der Waals surface area contributed by atoms with E-state index in [1.807, 2.05) is 12.1 Å². The molecular formula is C20H21BN2O6. The third kappa shape index (κ3) is 5.05.